The maximum Gasteiger partial charge on any atom is 0.390 e. The molecule has 0 heterocycles. The van der Waals surface area contributed by atoms with Crippen LogP contribution in [0.5, 0.6) is 0 Å². The quantitative estimate of drug-likeness (QED) is 0.451. The van der Waals surface area contributed by atoms with E-state index in [0.717, 1.165) is 0 Å². The number of carbonyl (C=O) groups excluding carboxylic acids is 2. The van der Waals surface area contributed by atoms with Gasteiger partial charge in [-0.15, -0.1) is 0 Å². The van der Waals surface area contributed by atoms with Crippen LogP contribution in [0.3, 0.4) is 0 Å². The van der Waals surface area contributed by atoms with E-state index in [4.69, 9.17) is 16.3 Å². The third-order valence-corrected chi connectivity index (χ3v) is 5.09. The van der Waals surface area contributed by atoms with Crippen molar-refractivity contribution < 1.29 is 27.5 Å². The summed E-state index contributed by atoms with van der Waals surface area (Å²) >= 11 is 5.82. The highest BCUT2D eigenvalue weighted by atomic mass is 35.5. The molecule has 5 nitrogen and oxygen atoms in total. The average molecular weight is 495 g/mol. The Bertz CT molecular complexity index is 1070. The smallest absolute Gasteiger partial charge is 0.390 e. The van der Waals surface area contributed by atoms with Crippen LogP contribution >= 0.6 is 11.6 Å². The lowest BCUT2D eigenvalue weighted by Gasteiger charge is -2.22. The van der Waals surface area contributed by atoms with Crippen molar-refractivity contribution in [2.24, 2.45) is 5.92 Å². The Labute approximate surface area is 201 Å². The molecule has 1 N–H and O–H groups in total. The van der Waals surface area contributed by atoms with Gasteiger partial charge in [0.2, 0.25) is 5.91 Å². The van der Waals surface area contributed by atoms with Crippen molar-refractivity contribution in [3.8, 4) is 6.07 Å². The second-order valence-electron chi connectivity index (χ2n) is 9.04. The fraction of sp³-hybridized carbons (Fsp3) is 0.400. The predicted octanol–water partition coefficient (Wildman–Crippen LogP) is 6.41. The standard InChI is InChI=1S/C25H26ClF3N2O3/c1-15(23(33)34-24(2,3)4)11-16-5-6-18(14-30)21(12-16)31-22(32)20(13-25(27,28)29)17-7-9-19(26)10-8-17/h5-10,12,15,20H,11,13H2,1-4H3,(H,31,32)/t15?,20-/m0/s1. The number of benzene rings is 2. The number of rotatable bonds is 7. The molecule has 0 aliphatic heterocycles. The number of hydrogen-bond acceptors (Lipinski definition) is 4. The fourth-order valence-corrected chi connectivity index (χ4v) is 3.39. The molecule has 0 saturated heterocycles. The van der Waals surface area contributed by atoms with Crippen molar-refractivity contribution in [2.75, 3.05) is 5.32 Å². The van der Waals surface area contributed by atoms with Gasteiger partial charge in [0.15, 0.2) is 0 Å². The second-order valence-corrected chi connectivity index (χ2v) is 9.48. The average Bonchev–Trinajstić information content (AvgIpc) is 2.71. The third-order valence-electron chi connectivity index (χ3n) is 4.84. The Balaban J connectivity index is 2.29. The molecule has 0 radical (unpaired) electrons. The molecule has 0 bridgehead atoms. The lowest BCUT2D eigenvalue weighted by Crippen LogP contribution is -2.28. The molecule has 1 amide bonds. The van der Waals surface area contributed by atoms with Crippen LogP contribution in [-0.4, -0.2) is 23.7 Å². The van der Waals surface area contributed by atoms with Crippen molar-refractivity contribution in [3.05, 3.63) is 64.2 Å². The number of alkyl halides is 3. The molecule has 0 fully saturated rings. The Kier molecular flexibility index (Phi) is 8.73. The number of carbonyl (C=O) groups is 2. The van der Waals surface area contributed by atoms with E-state index in [0.29, 0.717) is 10.6 Å². The first-order valence-corrected chi connectivity index (χ1v) is 11.0. The molecule has 1 unspecified atom stereocenters. The SMILES string of the molecule is CC(Cc1ccc(C#N)c(NC(=O)[C@@H](CC(F)(F)F)c2ccc(Cl)cc2)c1)C(=O)OC(C)(C)C. The molecule has 2 atom stereocenters. The molecule has 9 heteroatoms. The van der Waals surface area contributed by atoms with Crippen LogP contribution in [-0.2, 0) is 20.7 Å². The van der Waals surface area contributed by atoms with Gasteiger partial charge in [-0.3, -0.25) is 9.59 Å². The highest BCUT2D eigenvalue weighted by Gasteiger charge is 2.36. The zero-order chi connectivity index (χ0) is 25.7. The van der Waals surface area contributed by atoms with Gasteiger partial charge in [-0.25, -0.2) is 0 Å². The topological polar surface area (TPSA) is 79.2 Å². The molecule has 2 aromatic rings. The largest absolute Gasteiger partial charge is 0.460 e. The Morgan fingerprint density at radius 2 is 1.74 bits per heavy atom. The van der Waals surface area contributed by atoms with Gasteiger partial charge in [0.05, 0.1) is 29.5 Å². The monoisotopic (exact) mass is 494 g/mol. The number of halogens is 4. The minimum Gasteiger partial charge on any atom is -0.460 e. The Hall–Kier alpha value is -3.05. The van der Waals surface area contributed by atoms with Gasteiger partial charge < -0.3 is 10.1 Å². The normalized spacial score (nSPS) is 13.5. The zero-order valence-corrected chi connectivity index (χ0v) is 20.1. The van der Waals surface area contributed by atoms with E-state index in [9.17, 15) is 28.0 Å². The number of nitrogens with one attached hydrogen (secondary N) is 1. The number of nitrogens with zero attached hydrogens (tertiary/aromatic N) is 1. The van der Waals surface area contributed by atoms with Crippen molar-refractivity contribution in [1.82, 2.24) is 0 Å². The number of nitriles is 1. The summed E-state index contributed by atoms with van der Waals surface area (Å²) in [6.45, 7) is 6.95. The summed E-state index contributed by atoms with van der Waals surface area (Å²) in [4.78, 5) is 25.2. The van der Waals surface area contributed by atoms with E-state index in [-0.39, 0.29) is 23.2 Å². The molecule has 0 aliphatic carbocycles. The number of anilines is 1. The fourth-order valence-electron chi connectivity index (χ4n) is 3.27. The lowest BCUT2D eigenvalue weighted by atomic mass is 9.94. The number of ether oxygens (including phenoxy) is 1. The van der Waals surface area contributed by atoms with Gasteiger partial charge in [-0.2, -0.15) is 18.4 Å². The van der Waals surface area contributed by atoms with E-state index in [2.05, 4.69) is 5.32 Å². The molecule has 0 aliphatic rings. The van der Waals surface area contributed by atoms with Gasteiger partial charge in [0.1, 0.15) is 11.7 Å². The number of hydrogen-bond donors (Lipinski definition) is 1. The Morgan fingerprint density at radius 3 is 2.26 bits per heavy atom. The predicted molar refractivity (Wildman–Crippen MR) is 123 cm³/mol. The van der Waals surface area contributed by atoms with Crippen LogP contribution < -0.4 is 5.32 Å². The molecule has 182 valence electrons. The molecule has 2 rings (SSSR count). The summed E-state index contributed by atoms with van der Waals surface area (Å²) in [5.41, 5.74) is 0.273. The Morgan fingerprint density at radius 1 is 1.12 bits per heavy atom. The van der Waals surface area contributed by atoms with Crippen LogP contribution in [0.25, 0.3) is 0 Å². The maximum atomic E-state index is 13.2. The molecule has 0 spiro atoms. The highest BCUT2D eigenvalue weighted by molar-refractivity contribution is 6.30. The van der Waals surface area contributed by atoms with Crippen LogP contribution in [0, 0.1) is 17.2 Å². The van der Waals surface area contributed by atoms with Gasteiger partial charge in [-0.1, -0.05) is 36.7 Å². The summed E-state index contributed by atoms with van der Waals surface area (Å²) in [6.07, 6.45) is -5.71. The summed E-state index contributed by atoms with van der Waals surface area (Å²) in [7, 11) is 0. The summed E-state index contributed by atoms with van der Waals surface area (Å²) < 4.78 is 45.0. The minimum atomic E-state index is -4.59. The van der Waals surface area contributed by atoms with Crippen molar-refractivity contribution in [3.63, 3.8) is 0 Å². The van der Waals surface area contributed by atoms with Crippen LogP contribution in [0.1, 0.15) is 56.7 Å². The molecule has 0 saturated carbocycles. The number of esters is 1. The van der Waals surface area contributed by atoms with Gasteiger partial charge in [0, 0.05) is 5.02 Å². The van der Waals surface area contributed by atoms with Gasteiger partial charge in [0.25, 0.3) is 0 Å². The number of amides is 1. The van der Waals surface area contributed by atoms with Gasteiger partial charge in [-0.05, 0) is 62.6 Å². The summed E-state index contributed by atoms with van der Waals surface area (Å²) in [5, 5.41) is 12.2. The first kappa shape index (κ1) is 27.2. The summed E-state index contributed by atoms with van der Waals surface area (Å²) in [5.74, 6) is -3.36. The highest BCUT2D eigenvalue weighted by Crippen LogP contribution is 2.33. The molecule has 0 aromatic heterocycles. The minimum absolute atomic E-state index is 0.0718. The first-order valence-electron chi connectivity index (χ1n) is 10.6. The van der Waals surface area contributed by atoms with Crippen molar-refractivity contribution >= 4 is 29.2 Å². The van der Waals surface area contributed by atoms with Crippen molar-refractivity contribution in [2.45, 2.75) is 58.2 Å². The second kappa shape index (κ2) is 10.9. The van der Waals surface area contributed by atoms with E-state index in [1.807, 2.05) is 6.07 Å². The van der Waals surface area contributed by atoms with E-state index >= 15 is 0 Å². The van der Waals surface area contributed by atoms with Crippen LogP contribution in [0.15, 0.2) is 42.5 Å². The molecular weight excluding hydrogens is 469 g/mol. The zero-order valence-electron chi connectivity index (χ0n) is 19.3. The van der Waals surface area contributed by atoms with E-state index < -0.39 is 41.9 Å². The molecule has 2 aromatic carbocycles. The van der Waals surface area contributed by atoms with E-state index in [1.54, 1.807) is 33.8 Å². The summed E-state index contributed by atoms with van der Waals surface area (Å²) in [6, 6.07) is 12.0. The van der Waals surface area contributed by atoms with Crippen LogP contribution in [0.2, 0.25) is 5.02 Å². The molecular formula is C25H26ClF3N2O3. The van der Waals surface area contributed by atoms with E-state index in [1.165, 1.54) is 36.4 Å². The maximum absolute atomic E-state index is 13.2. The first-order chi connectivity index (χ1) is 15.7. The molecule has 34 heavy (non-hydrogen) atoms. The van der Waals surface area contributed by atoms with Crippen LogP contribution in [0.4, 0.5) is 18.9 Å². The third kappa shape index (κ3) is 8.38. The lowest BCUT2D eigenvalue weighted by molar-refractivity contribution is -0.159. The van der Waals surface area contributed by atoms with Gasteiger partial charge >= 0.3 is 12.1 Å². The van der Waals surface area contributed by atoms with Crippen molar-refractivity contribution in [1.29, 1.82) is 5.26 Å².